The fourth-order valence-electron chi connectivity index (χ4n) is 3.41. The summed E-state index contributed by atoms with van der Waals surface area (Å²) in [5.74, 6) is 0.856. The predicted octanol–water partition coefficient (Wildman–Crippen LogP) is 3.91. The number of hydrogen-bond donors (Lipinski definition) is 1. The molecule has 6 nitrogen and oxygen atoms in total. The van der Waals surface area contributed by atoms with Gasteiger partial charge in [-0.1, -0.05) is 24.3 Å². The topological polar surface area (TPSA) is 67.9 Å². The zero-order valence-electron chi connectivity index (χ0n) is 16.5. The first-order valence-electron chi connectivity index (χ1n) is 9.03. The van der Waals surface area contributed by atoms with Crippen molar-refractivity contribution in [1.29, 1.82) is 0 Å². The molecule has 3 rings (SSSR count). The van der Waals surface area contributed by atoms with Gasteiger partial charge in [0.15, 0.2) is 11.5 Å². The van der Waals surface area contributed by atoms with Crippen LogP contribution >= 0.6 is 0 Å². The van der Waals surface area contributed by atoms with Crippen LogP contribution in [0.5, 0.6) is 11.5 Å². The Bertz CT molecular complexity index is 936. The van der Waals surface area contributed by atoms with Crippen molar-refractivity contribution in [3.8, 4) is 11.5 Å². The van der Waals surface area contributed by atoms with Crippen molar-refractivity contribution in [3.05, 3.63) is 59.3 Å². The third kappa shape index (κ3) is 3.86. The van der Waals surface area contributed by atoms with Crippen LogP contribution in [-0.4, -0.2) is 30.9 Å². The third-order valence-electron chi connectivity index (χ3n) is 4.85. The molecule has 1 N–H and O–H groups in total. The minimum atomic E-state index is -0.348. The largest absolute Gasteiger partial charge is 0.493 e. The molecule has 1 heterocycles. The summed E-state index contributed by atoms with van der Waals surface area (Å²) in [5.41, 5.74) is 3.48. The number of nitrogens with one attached hydrogen (secondary N) is 1. The number of amides is 2. The Morgan fingerprint density at radius 2 is 1.79 bits per heavy atom. The quantitative estimate of drug-likeness (QED) is 0.854. The third-order valence-corrected chi connectivity index (χ3v) is 4.85. The van der Waals surface area contributed by atoms with E-state index >= 15 is 0 Å². The van der Waals surface area contributed by atoms with E-state index < -0.39 is 0 Å². The van der Waals surface area contributed by atoms with Crippen LogP contribution in [0.2, 0.25) is 0 Å². The SMILES string of the molecule is COc1cc(C)c(NC(=O)CC2c3ccccc3C=CN2C(C)=O)cc1OC. The lowest BCUT2D eigenvalue weighted by Gasteiger charge is -2.32. The Labute approximate surface area is 164 Å². The molecule has 0 saturated carbocycles. The van der Waals surface area contributed by atoms with Gasteiger partial charge >= 0.3 is 0 Å². The van der Waals surface area contributed by atoms with Gasteiger partial charge in [-0.2, -0.15) is 0 Å². The van der Waals surface area contributed by atoms with Gasteiger partial charge in [-0.15, -0.1) is 0 Å². The van der Waals surface area contributed by atoms with E-state index in [2.05, 4.69) is 5.32 Å². The minimum Gasteiger partial charge on any atom is -0.493 e. The van der Waals surface area contributed by atoms with Crippen LogP contribution in [0.3, 0.4) is 0 Å². The molecule has 0 saturated heterocycles. The molecule has 6 heteroatoms. The molecule has 0 fully saturated rings. The Morgan fingerprint density at radius 1 is 1.11 bits per heavy atom. The van der Waals surface area contributed by atoms with Crippen LogP contribution < -0.4 is 14.8 Å². The second-order valence-electron chi connectivity index (χ2n) is 6.66. The van der Waals surface area contributed by atoms with Crippen molar-refractivity contribution in [2.24, 2.45) is 0 Å². The lowest BCUT2D eigenvalue weighted by molar-refractivity contribution is -0.129. The van der Waals surface area contributed by atoms with E-state index in [9.17, 15) is 9.59 Å². The van der Waals surface area contributed by atoms with E-state index in [1.165, 1.54) is 6.92 Å². The molecule has 0 aromatic heterocycles. The van der Waals surface area contributed by atoms with Gasteiger partial charge in [-0.25, -0.2) is 0 Å². The van der Waals surface area contributed by atoms with Gasteiger partial charge in [0.1, 0.15) is 0 Å². The van der Waals surface area contributed by atoms with Crippen molar-refractivity contribution in [2.45, 2.75) is 26.3 Å². The predicted molar refractivity (Wildman–Crippen MR) is 108 cm³/mol. The van der Waals surface area contributed by atoms with Gasteiger partial charge in [0.25, 0.3) is 0 Å². The summed E-state index contributed by atoms with van der Waals surface area (Å²) >= 11 is 0. The van der Waals surface area contributed by atoms with Crippen LogP contribution in [0, 0.1) is 6.92 Å². The molecule has 28 heavy (non-hydrogen) atoms. The molecule has 2 aromatic rings. The van der Waals surface area contributed by atoms with Crippen LogP contribution in [-0.2, 0) is 9.59 Å². The first-order valence-corrected chi connectivity index (χ1v) is 9.03. The van der Waals surface area contributed by atoms with Gasteiger partial charge in [0.05, 0.1) is 26.7 Å². The first kappa shape index (κ1) is 19.5. The zero-order chi connectivity index (χ0) is 20.3. The number of fused-ring (bicyclic) bond motifs is 1. The second-order valence-corrected chi connectivity index (χ2v) is 6.66. The maximum Gasteiger partial charge on any atom is 0.226 e. The summed E-state index contributed by atoms with van der Waals surface area (Å²) in [4.78, 5) is 26.5. The Hall–Kier alpha value is -3.28. The van der Waals surface area contributed by atoms with Crippen LogP contribution in [0.1, 0.15) is 36.1 Å². The number of aryl methyl sites for hydroxylation is 1. The lowest BCUT2D eigenvalue weighted by atomic mass is 9.93. The number of anilines is 1. The number of benzene rings is 2. The number of carbonyl (C=O) groups is 2. The number of rotatable bonds is 5. The summed E-state index contributed by atoms with van der Waals surface area (Å²) < 4.78 is 10.6. The number of methoxy groups -OCH3 is 2. The van der Waals surface area contributed by atoms with Crippen LogP contribution in [0.15, 0.2) is 42.6 Å². The molecular weight excluding hydrogens is 356 g/mol. The number of hydrogen-bond acceptors (Lipinski definition) is 4. The standard InChI is InChI=1S/C22H24N2O4/c1-14-11-20(27-3)21(28-4)12-18(14)23-22(26)13-19-17-8-6-5-7-16(17)9-10-24(19)15(2)25/h5-12,19H,13H2,1-4H3,(H,23,26). The van der Waals surface area contributed by atoms with E-state index in [-0.39, 0.29) is 24.3 Å². The molecule has 2 amide bonds. The molecule has 2 aromatic carbocycles. The Kier molecular flexibility index (Phi) is 5.68. The maximum atomic E-state index is 12.8. The highest BCUT2D eigenvalue weighted by atomic mass is 16.5. The van der Waals surface area contributed by atoms with Crippen LogP contribution in [0.4, 0.5) is 5.69 Å². The lowest BCUT2D eigenvalue weighted by Crippen LogP contribution is -2.33. The average Bonchev–Trinajstić information content (AvgIpc) is 2.69. The molecule has 0 aliphatic carbocycles. The monoisotopic (exact) mass is 380 g/mol. The molecule has 1 aliphatic heterocycles. The van der Waals surface area contributed by atoms with E-state index in [4.69, 9.17) is 9.47 Å². The van der Waals surface area contributed by atoms with Gasteiger partial charge in [0, 0.05) is 24.9 Å². The van der Waals surface area contributed by atoms with E-state index in [1.54, 1.807) is 31.4 Å². The highest BCUT2D eigenvalue weighted by molar-refractivity contribution is 5.93. The summed E-state index contributed by atoms with van der Waals surface area (Å²) in [6.07, 6.45) is 3.78. The van der Waals surface area contributed by atoms with Gasteiger partial charge in [-0.3, -0.25) is 9.59 Å². The van der Waals surface area contributed by atoms with Crippen LogP contribution in [0.25, 0.3) is 6.08 Å². The van der Waals surface area contributed by atoms with Crippen molar-refractivity contribution < 1.29 is 19.1 Å². The van der Waals surface area contributed by atoms with E-state index in [0.717, 1.165) is 16.7 Å². The van der Waals surface area contributed by atoms with Crippen molar-refractivity contribution in [2.75, 3.05) is 19.5 Å². The molecule has 1 aliphatic rings. The van der Waals surface area contributed by atoms with Crippen molar-refractivity contribution in [1.82, 2.24) is 4.90 Å². The highest BCUT2D eigenvalue weighted by Gasteiger charge is 2.28. The van der Waals surface area contributed by atoms with E-state index in [0.29, 0.717) is 17.2 Å². The summed E-state index contributed by atoms with van der Waals surface area (Å²) in [7, 11) is 3.12. The zero-order valence-corrected chi connectivity index (χ0v) is 16.5. The number of ether oxygens (including phenoxy) is 2. The van der Waals surface area contributed by atoms with Gasteiger partial charge < -0.3 is 19.7 Å². The molecule has 1 atom stereocenters. The fourth-order valence-corrected chi connectivity index (χ4v) is 3.41. The van der Waals surface area contributed by atoms with Gasteiger partial charge in [0.2, 0.25) is 11.8 Å². The second kappa shape index (κ2) is 8.17. The molecule has 0 radical (unpaired) electrons. The molecule has 0 bridgehead atoms. The van der Waals surface area contributed by atoms with Crippen molar-refractivity contribution in [3.63, 3.8) is 0 Å². The van der Waals surface area contributed by atoms with E-state index in [1.807, 2.05) is 43.3 Å². The molecular formula is C22H24N2O4. The normalized spacial score (nSPS) is 15.0. The molecule has 0 spiro atoms. The first-order chi connectivity index (χ1) is 13.4. The van der Waals surface area contributed by atoms with Gasteiger partial charge in [-0.05, 0) is 35.8 Å². The summed E-state index contributed by atoms with van der Waals surface area (Å²) in [6, 6.07) is 11.0. The maximum absolute atomic E-state index is 12.8. The summed E-state index contributed by atoms with van der Waals surface area (Å²) in [5, 5.41) is 2.94. The molecule has 146 valence electrons. The van der Waals surface area contributed by atoms with Crippen molar-refractivity contribution >= 4 is 23.6 Å². The minimum absolute atomic E-state index is 0.106. The smallest absolute Gasteiger partial charge is 0.226 e. The Morgan fingerprint density at radius 3 is 2.46 bits per heavy atom. The number of carbonyl (C=O) groups excluding carboxylic acids is 2. The summed E-state index contributed by atoms with van der Waals surface area (Å²) in [6.45, 7) is 3.39. The highest BCUT2D eigenvalue weighted by Crippen LogP contribution is 2.35. The molecule has 1 unspecified atom stereocenters. The Balaban J connectivity index is 1.84. The fraction of sp³-hybridized carbons (Fsp3) is 0.273. The number of nitrogens with zero attached hydrogens (tertiary/aromatic N) is 1. The average molecular weight is 380 g/mol.